The molecule has 6 heteroatoms. The van der Waals surface area contributed by atoms with Gasteiger partial charge in [-0.3, -0.25) is 4.79 Å². The molecule has 0 aromatic heterocycles. The van der Waals surface area contributed by atoms with Gasteiger partial charge in [0.05, 0.1) is 25.2 Å². The molecule has 1 aromatic rings. The number of methoxy groups -OCH3 is 2. The van der Waals surface area contributed by atoms with Crippen molar-refractivity contribution in [1.82, 2.24) is 0 Å². The summed E-state index contributed by atoms with van der Waals surface area (Å²) in [7, 11) is 2.87. The van der Waals surface area contributed by atoms with Crippen LogP contribution in [0.5, 0.6) is 0 Å². The average molecular weight is 344 g/mol. The molecular weight excluding hydrogens is 326 g/mol. The average Bonchev–Trinajstić information content (AvgIpc) is 2.41. The summed E-state index contributed by atoms with van der Waals surface area (Å²) in [5.41, 5.74) is 1.65. The van der Waals surface area contributed by atoms with Crippen LogP contribution < -0.4 is 5.32 Å². The molecule has 1 aromatic carbocycles. The molecule has 0 bridgehead atoms. The Balaban J connectivity index is 3.03. The standard InChI is InChI=1S/C14H18BrNO4/c1-8(7-19-3)13(17)16-11-6-5-10(15)12(9(11)2)14(18)20-4/h5-6,8H,7H2,1-4H3,(H,16,17)/t8-/m1/s1. The van der Waals surface area contributed by atoms with Crippen molar-refractivity contribution < 1.29 is 19.1 Å². The zero-order valence-electron chi connectivity index (χ0n) is 12.0. The van der Waals surface area contributed by atoms with Crippen LogP contribution >= 0.6 is 15.9 Å². The van der Waals surface area contributed by atoms with Gasteiger partial charge in [-0.2, -0.15) is 0 Å². The predicted octanol–water partition coefficient (Wildman–Crippen LogP) is 2.77. The van der Waals surface area contributed by atoms with Crippen molar-refractivity contribution in [1.29, 1.82) is 0 Å². The normalized spacial score (nSPS) is 11.8. The maximum absolute atomic E-state index is 12.0. The molecule has 0 saturated carbocycles. The van der Waals surface area contributed by atoms with Crippen LogP contribution in [0.25, 0.3) is 0 Å². The Kier molecular flexibility index (Phi) is 6.16. The second-order valence-corrected chi connectivity index (χ2v) is 5.29. The molecule has 20 heavy (non-hydrogen) atoms. The van der Waals surface area contributed by atoms with E-state index in [2.05, 4.69) is 21.2 Å². The highest BCUT2D eigenvalue weighted by molar-refractivity contribution is 9.10. The number of carbonyl (C=O) groups is 2. The number of benzene rings is 1. The molecule has 110 valence electrons. The fourth-order valence-corrected chi connectivity index (χ4v) is 2.34. The number of halogens is 1. The van der Waals surface area contributed by atoms with Crippen molar-refractivity contribution in [2.45, 2.75) is 13.8 Å². The number of anilines is 1. The number of carbonyl (C=O) groups excluding carboxylic acids is 2. The molecule has 0 unspecified atom stereocenters. The summed E-state index contributed by atoms with van der Waals surface area (Å²) in [5.74, 6) is -0.881. The Bertz CT molecular complexity index is 516. The third kappa shape index (κ3) is 3.80. The van der Waals surface area contributed by atoms with Crippen molar-refractivity contribution in [3.8, 4) is 0 Å². The SMILES string of the molecule is COC[C@@H](C)C(=O)Nc1ccc(Br)c(C(=O)OC)c1C. The lowest BCUT2D eigenvalue weighted by atomic mass is 10.1. The van der Waals surface area contributed by atoms with E-state index in [1.165, 1.54) is 7.11 Å². The smallest absolute Gasteiger partial charge is 0.339 e. The number of nitrogens with one attached hydrogen (secondary N) is 1. The fourth-order valence-electron chi connectivity index (χ4n) is 1.75. The number of hydrogen-bond donors (Lipinski definition) is 1. The van der Waals surface area contributed by atoms with Crippen molar-refractivity contribution in [2.75, 3.05) is 26.1 Å². The van der Waals surface area contributed by atoms with Crippen LogP contribution in [0.3, 0.4) is 0 Å². The van der Waals surface area contributed by atoms with Gasteiger partial charge in [-0.05, 0) is 40.5 Å². The van der Waals surface area contributed by atoms with Gasteiger partial charge in [0, 0.05) is 17.3 Å². The van der Waals surface area contributed by atoms with Crippen molar-refractivity contribution in [3.05, 3.63) is 27.7 Å². The van der Waals surface area contributed by atoms with Crippen molar-refractivity contribution >= 4 is 33.5 Å². The van der Waals surface area contributed by atoms with Crippen LogP contribution in [0.2, 0.25) is 0 Å². The van der Waals surface area contributed by atoms with Gasteiger partial charge in [-0.15, -0.1) is 0 Å². The van der Waals surface area contributed by atoms with E-state index in [1.807, 2.05) is 0 Å². The molecule has 5 nitrogen and oxygen atoms in total. The Hall–Kier alpha value is -1.40. The van der Waals surface area contributed by atoms with Crippen LogP contribution in [0.4, 0.5) is 5.69 Å². The lowest BCUT2D eigenvalue weighted by Gasteiger charge is -2.15. The molecule has 0 heterocycles. The van der Waals surface area contributed by atoms with Gasteiger partial charge in [0.2, 0.25) is 5.91 Å². The van der Waals surface area contributed by atoms with E-state index in [4.69, 9.17) is 9.47 Å². The van der Waals surface area contributed by atoms with Crippen LogP contribution in [-0.2, 0) is 14.3 Å². The highest BCUT2D eigenvalue weighted by atomic mass is 79.9. The summed E-state index contributed by atoms with van der Waals surface area (Å²) in [6.07, 6.45) is 0. The second-order valence-electron chi connectivity index (χ2n) is 4.43. The third-order valence-corrected chi connectivity index (χ3v) is 3.59. The molecule has 1 atom stereocenters. The zero-order chi connectivity index (χ0) is 15.3. The highest BCUT2D eigenvalue weighted by Crippen LogP contribution is 2.27. The molecule has 0 radical (unpaired) electrons. The Morgan fingerprint density at radius 3 is 2.55 bits per heavy atom. The van der Waals surface area contributed by atoms with E-state index in [1.54, 1.807) is 33.1 Å². The molecule has 0 fully saturated rings. The van der Waals surface area contributed by atoms with Crippen LogP contribution in [-0.4, -0.2) is 32.7 Å². The Morgan fingerprint density at radius 1 is 1.35 bits per heavy atom. The molecule has 0 aliphatic carbocycles. The molecule has 1 rings (SSSR count). The van der Waals surface area contributed by atoms with E-state index >= 15 is 0 Å². The number of hydrogen-bond acceptors (Lipinski definition) is 4. The van der Waals surface area contributed by atoms with E-state index < -0.39 is 5.97 Å². The van der Waals surface area contributed by atoms with Gasteiger partial charge in [0.25, 0.3) is 0 Å². The summed E-state index contributed by atoms with van der Waals surface area (Å²) in [5, 5.41) is 2.79. The van der Waals surface area contributed by atoms with Gasteiger partial charge in [0.1, 0.15) is 0 Å². The van der Waals surface area contributed by atoms with Crippen LogP contribution in [0, 0.1) is 12.8 Å². The first-order valence-corrected chi connectivity index (χ1v) is 6.88. The summed E-state index contributed by atoms with van der Waals surface area (Å²) >= 11 is 3.31. The molecule has 0 saturated heterocycles. The molecule has 1 N–H and O–H groups in total. The Labute approximate surface area is 126 Å². The van der Waals surface area contributed by atoms with E-state index in [0.29, 0.717) is 27.9 Å². The fraction of sp³-hybridized carbons (Fsp3) is 0.429. The summed E-state index contributed by atoms with van der Waals surface area (Å²) < 4.78 is 10.3. The minimum atomic E-state index is -0.449. The number of amides is 1. The first-order chi connectivity index (χ1) is 9.42. The number of ether oxygens (including phenoxy) is 2. The van der Waals surface area contributed by atoms with E-state index in [9.17, 15) is 9.59 Å². The van der Waals surface area contributed by atoms with Gasteiger partial charge in [-0.1, -0.05) is 6.92 Å². The lowest BCUT2D eigenvalue weighted by Crippen LogP contribution is -2.24. The van der Waals surface area contributed by atoms with Crippen molar-refractivity contribution in [2.24, 2.45) is 5.92 Å². The van der Waals surface area contributed by atoms with E-state index in [-0.39, 0.29) is 11.8 Å². The molecular formula is C14H18BrNO4. The lowest BCUT2D eigenvalue weighted by molar-refractivity contribution is -0.120. The maximum atomic E-state index is 12.0. The largest absolute Gasteiger partial charge is 0.465 e. The van der Waals surface area contributed by atoms with Crippen LogP contribution in [0.15, 0.2) is 16.6 Å². The maximum Gasteiger partial charge on any atom is 0.339 e. The Morgan fingerprint density at radius 2 is 2.00 bits per heavy atom. The zero-order valence-corrected chi connectivity index (χ0v) is 13.5. The van der Waals surface area contributed by atoms with Gasteiger partial charge in [0.15, 0.2) is 0 Å². The quantitative estimate of drug-likeness (QED) is 0.835. The molecule has 0 aliphatic rings. The highest BCUT2D eigenvalue weighted by Gasteiger charge is 2.19. The van der Waals surface area contributed by atoms with Gasteiger partial charge < -0.3 is 14.8 Å². The third-order valence-electron chi connectivity index (χ3n) is 2.93. The number of esters is 1. The van der Waals surface area contributed by atoms with E-state index in [0.717, 1.165) is 0 Å². The monoisotopic (exact) mass is 343 g/mol. The summed E-state index contributed by atoms with van der Waals surface area (Å²) in [6.45, 7) is 3.87. The first kappa shape index (κ1) is 16.7. The first-order valence-electron chi connectivity index (χ1n) is 6.09. The van der Waals surface area contributed by atoms with Crippen molar-refractivity contribution in [3.63, 3.8) is 0 Å². The van der Waals surface area contributed by atoms with Gasteiger partial charge >= 0.3 is 5.97 Å². The minimum absolute atomic E-state index is 0.159. The topological polar surface area (TPSA) is 64.6 Å². The predicted molar refractivity (Wildman–Crippen MR) is 79.9 cm³/mol. The second kappa shape index (κ2) is 7.40. The summed E-state index contributed by atoms with van der Waals surface area (Å²) in [6, 6.07) is 3.44. The number of rotatable bonds is 5. The molecule has 0 spiro atoms. The van der Waals surface area contributed by atoms with Gasteiger partial charge in [-0.25, -0.2) is 4.79 Å². The van der Waals surface area contributed by atoms with Crippen LogP contribution in [0.1, 0.15) is 22.8 Å². The molecule has 0 aliphatic heterocycles. The summed E-state index contributed by atoms with van der Waals surface area (Å²) in [4.78, 5) is 23.7. The molecule has 1 amide bonds. The minimum Gasteiger partial charge on any atom is -0.465 e.